The van der Waals surface area contributed by atoms with Crippen molar-refractivity contribution in [2.75, 3.05) is 5.75 Å². The molecule has 0 heterocycles. The molecule has 4 nitrogen and oxygen atoms in total. The van der Waals surface area contributed by atoms with Crippen molar-refractivity contribution in [1.29, 1.82) is 0 Å². The fourth-order valence-electron chi connectivity index (χ4n) is 1.72. The van der Waals surface area contributed by atoms with Crippen LogP contribution in [0, 0.1) is 15.9 Å². The Morgan fingerprint density at radius 1 is 1.15 bits per heavy atom. The molecule has 0 radical (unpaired) electrons. The molecule has 0 bridgehead atoms. The summed E-state index contributed by atoms with van der Waals surface area (Å²) in [5, 5.41) is 10.5. The third-order valence-corrected chi connectivity index (χ3v) is 4.14. The smallest absolute Gasteiger partial charge is 0.258 e. The van der Waals surface area contributed by atoms with Gasteiger partial charge in [0.05, 0.1) is 15.7 Å². The van der Waals surface area contributed by atoms with E-state index >= 15 is 0 Å². The number of non-ortho nitro benzene ring substituents is 1. The lowest BCUT2D eigenvalue weighted by Gasteiger charge is -2.03. The van der Waals surface area contributed by atoms with Crippen LogP contribution in [0.3, 0.4) is 0 Å². The van der Waals surface area contributed by atoms with Gasteiger partial charge in [-0.1, -0.05) is 18.2 Å². The molecule has 6 heteroatoms. The molecule has 2 aromatic carbocycles. The van der Waals surface area contributed by atoms with E-state index in [-0.39, 0.29) is 5.69 Å². The molecule has 2 aromatic rings. The van der Waals surface area contributed by atoms with Crippen LogP contribution < -0.4 is 0 Å². The summed E-state index contributed by atoms with van der Waals surface area (Å²) in [6, 6.07) is 11.8. The number of nitrogens with zero attached hydrogens (tertiary/aromatic N) is 1. The second-order valence-corrected chi connectivity index (χ2v) is 5.75. The number of nitro benzene ring substituents is 1. The fraction of sp³-hybridized carbons (Fsp3) is 0.143. The maximum absolute atomic E-state index is 13.0. The Labute approximate surface area is 117 Å². The first-order valence-corrected chi connectivity index (χ1v) is 7.25. The van der Waals surface area contributed by atoms with E-state index in [1.165, 1.54) is 30.3 Å². The molecule has 0 saturated carbocycles. The van der Waals surface area contributed by atoms with Crippen molar-refractivity contribution in [3.63, 3.8) is 0 Å². The van der Waals surface area contributed by atoms with Gasteiger partial charge in [0, 0.05) is 22.8 Å². The molecule has 0 saturated heterocycles. The van der Waals surface area contributed by atoms with E-state index in [9.17, 15) is 18.7 Å². The van der Waals surface area contributed by atoms with Gasteiger partial charge in [0.15, 0.2) is 0 Å². The van der Waals surface area contributed by atoms with Crippen LogP contribution in [0.4, 0.5) is 10.1 Å². The molecule has 0 aliphatic heterocycles. The summed E-state index contributed by atoms with van der Waals surface area (Å²) in [5.74, 6) is -0.0625. The van der Waals surface area contributed by atoms with E-state index in [4.69, 9.17) is 0 Å². The molecule has 0 aromatic heterocycles. The molecular formula is C14H12FNO3S. The molecule has 0 spiro atoms. The minimum absolute atomic E-state index is 0.0278. The highest BCUT2D eigenvalue weighted by Crippen LogP contribution is 2.14. The molecule has 0 aliphatic carbocycles. The summed E-state index contributed by atoms with van der Waals surface area (Å²) in [4.78, 5) is 10.5. The first-order valence-electron chi connectivity index (χ1n) is 5.93. The van der Waals surface area contributed by atoms with Crippen molar-refractivity contribution in [3.8, 4) is 0 Å². The van der Waals surface area contributed by atoms with Crippen molar-refractivity contribution in [2.45, 2.75) is 11.3 Å². The fourth-order valence-corrected chi connectivity index (χ4v) is 2.85. The van der Waals surface area contributed by atoms with Gasteiger partial charge in [-0.3, -0.25) is 14.3 Å². The van der Waals surface area contributed by atoms with E-state index in [1.807, 2.05) is 0 Å². The molecule has 2 rings (SSSR count). The lowest BCUT2D eigenvalue weighted by atomic mass is 10.1. The zero-order valence-electron chi connectivity index (χ0n) is 10.5. The Morgan fingerprint density at radius 2 is 1.85 bits per heavy atom. The Kier molecular flexibility index (Phi) is 4.57. The minimum atomic E-state index is -1.28. The van der Waals surface area contributed by atoms with Crippen molar-refractivity contribution in [1.82, 2.24) is 0 Å². The average Bonchev–Trinajstić information content (AvgIpc) is 2.45. The highest BCUT2D eigenvalue weighted by atomic mass is 32.2. The zero-order chi connectivity index (χ0) is 14.5. The maximum atomic E-state index is 13.0. The Hall–Kier alpha value is -2.08. The van der Waals surface area contributed by atoms with Crippen LogP contribution in [-0.2, 0) is 17.2 Å². The maximum Gasteiger partial charge on any atom is 0.269 e. The quantitative estimate of drug-likeness (QED) is 0.628. The number of nitro groups is 1. The number of aryl methyl sites for hydroxylation is 1. The summed E-state index contributed by atoms with van der Waals surface area (Å²) in [5.41, 5.74) is 0.889. The van der Waals surface area contributed by atoms with Crippen LogP contribution in [0.5, 0.6) is 0 Å². The molecule has 0 N–H and O–H groups in total. The third-order valence-electron chi connectivity index (χ3n) is 2.78. The highest BCUT2D eigenvalue weighted by molar-refractivity contribution is 7.85. The normalized spacial score (nSPS) is 12.1. The molecule has 0 amide bonds. The van der Waals surface area contributed by atoms with Crippen LogP contribution >= 0.6 is 0 Å². The zero-order valence-corrected chi connectivity index (χ0v) is 11.3. The molecule has 1 atom stereocenters. The Balaban J connectivity index is 1.98. The van der Waals surface area contributed by atoms with Gasteiger partial charge in [-0.2, -0.15) is 0 Å². The monoisotopic (exact) mass is 293 g/mol. The third kappa shape index (κ3) is 3.71. The van der Waals surface area contributed by atoms with Gasteiger partial charge in [-0.05, 0) is 30.2 Å². The lowest BCUT2D eigenvalue weighted by Crippen LogP contribution is -2.02. The molecular weight excluding hydrogens is 281 g/mol. The summed E-state index contributed by atoms with van der Waals surface area (Å²) in [6.07, 6.45) is 0.515. The van der Waals surface area contributed by atoms with Gasteiger partial charge in [0.1, 0.15) is 5.82 Å². The molecule has 104 valence electrons. The second-order valence-electron chi connectivity index (χ2n) is 4.18. The van der Waals surface area contributed by atoms with E-state index in [0.29, 0.717) is 17.1 Å². The second kappa shape index (κ2) is 6.38. The lowest BCUT2D eigenvalue weighted by molar-refractivity contribution is -0.384. The standard InChI is InChI=1S/C14H12FNO3S/c15-12-2-1-3-14(10-12)20(19)9-8-11-4-6-13(7-5-11)16(17)18/h1-7,10H,8-9H2. The van der Waals surface area contributed by atoms with Gasteiger partial charge in [0.25, 0.3) is 5.69 Å². The van der Waals surface area contributed by atoms with Gasteiger partial charge in [-0.25, -0.2) is 4.39 Å². The SMILES string of the molecule is O=[N+]([O-])c1ccc(CCS(=O)c2cccc(F)c2)cc1. The van der Waals surface area contributed by atoms with Crippen LogP contribution in [0.15, 0.2) is 53.4 Å². The van der Waals surface area contributed by atoms with E-state index in [0.717, 1.165) is 5.56 Å². The van der Waals surface area contributed by atoms with Crippen LogP contribution in [0.1, 0.15) is 5.56 Å². The topological polar surface area (TPSA) is 60.2 Å². The van der Waals surface area contributed by atoms with E-state index in [1.54, 1.807) is 18.2 Å². The predicted molar refractivity (Wildman–Crippen MR) is 74.5 cm³/mol. The van der Waals surface area contributed by atoms with Crippen molar-refractivity contribution >= 4 is 16.5 Å². The van der Waals surface area contributed by atoms with Crippen molar-refractivity contribution < 1.29 is 13.5 Å². The largest absolute Gasteiger partial charge is 0.269 e. The van der Waals surface area contributed by atoms with Crippen molar-refractivity contribution in [2.24, 2.45) is 0 Å². The van der Waals surface area contributed by atoms with E-state index in [2.05, 4.69) is 0 Å². The Morgan fingerprint density at radius 3 is 2.45 bits per heavy atom. The predicted octanol–water partition coefficient (Wildman–Crippen LogP) is 3.08. The number of benzene rings is 2. The summed E-state index contributed by atoms with van der Waals surface area (Å²) >= 11 is 0. The minimum Gasteiger partial charge on any atom is -0.258 e. The summed E-state index contributed by atoms with van der Waals surface area (Å²) < 4.78 is 25.0. The molecule has 20 heavy (non-hydrogen) atoms. The first-order chi connectivity index (χ1) is 9.56. The summed E-state index contributed by atoms with van der Waals surface area (Å²) in [6.45, 7) is 0. The molecule has 0 aliphatic rings. The number of hydrogen-bond donors (Lipinski definition) is 0. The van der Waals surface area contributed by atoms with Gasteiger partial charge in [0.2, 0.25) is 0 Å². The van der Waals surface area contributed by atoms with Crippen LogP contribution in [0.2, 0.25) is 0 Å². The van der Waals surface area contributed by atoms with Crippen LogP contribution in [-0.4, -0.2) is 14.9 Å². The number of rotatable bonds is 5. The van der Waals surface area contributed by atoms with Gasteiger partial charge >= 0.3 is 0 Å². The molecule has 1 unspecified atom stereocenters. The summed E-state index contributed by atoms with van der Waals surface area (Å²) in [7, 11) is -1.28. The molecule has 0 fully saturated rings. The Bertz CT molecular complexity index is 643. The van der Waals surface area contributed by atoms with Gasteiger partial charge < -0.3 is 0 Å². The number of hydrogen-bond acceptors (Lipinski definition) is 3. The number of halogens is 1. The van der Waals surface area contributed by atoms with Crippen LogP contribution in [0.25, 0.3) is 0 Å². The van der Waals surface area contributed by atoms with Crippen molar-refractivity contribution in [3.05, 3.63) is 70.0 Å². The average molecular weight is 293 g/mol. The van der Waals surface area contributed by atoms with Gasteiger partial charge in [-0.15, -0.1) is 0 Å². The van der Waals surface area contributed by atoms with E-state index < -0.39 is 21.5 Å². The first kappa shape index (κ1) is 14.3. The highest BCUT2D eigenvalue weighted by Gasteiger charge is 2.07.